The Balaban J connectivity index is 1.86. The van der Waals surface area contributed by atoms with Gasteiger partial charge in [0.15, 0.2) is 5.96 Å². The van der Waals surface area contributed by atoms with Gasteiger partial charge in [0.2, 0.25) is 0 Å². The highest BCUT2D eigenvalue weighted by Gasteiger charge is 2.32. The lowest BCUT2D eigenvalue weighted by molar-refractivity contribution is -0.137. The molecule has 40 heavy (non-hydrogen) atoms. The number of amides is 2. The van der Waals surface area contributed by atoms with Crippen LogP contribution in [-0.4, -0.2) is 30.9 Å². The van der Waals surface area contributed by atoms with E-state index in [4.69, 9.17) is 16.2 Å². The van der Waals surface area contributed by atoms with Crippen molar-refractivity contribution in [3.63, 3.8) is 0 Å². The summed E-state index contributed by atoms with van der Waals surface area (Å²) in [4.78, 5) is 29.5. The van der Waals surface area contributed by atoms with Gasteiger partial charge < -0.3 is 21.5 Å². The zero-order chi connectivity index (χ0) is 29.4. The first-order valence-electron chi connectivity index (χ1n) is 12.0. The van der Waals surface area contributed by atoms with Crippen molar-refractivity contribution in [3.8, 4) is 11.5 Å². The lowest BCUT2D eigenvalue weighted by Crippen LogP contribution is -2.37. The first kappa shape index (κ1) is 30.0. The van der Waals surface area contributed by atoms with Crippen LogP contribution in [0.5, 0.6) is 11.5 Å². The average Bonchev–Trinajstić information content (AvgIpc) is 2.88. The number of aryl methyl sites for hydroxylation is 1. The van der Waals surface area contributed by atoms with E-state index in [-0.39, 0.29) is 28.5 Å². The molecule has 212 valence electrons. The maximum Gasteiger partial charge on any atom is 0.416 e. The highest BCUT2D eigenvalue weighted by Crippen LogP contribution is 2.36. The maximum absolute atomic E-state index is 14.4. The summed E-state index contributed by atoms with van der Waals surface area (Å²) >= 11 is 0. The van der Waals surface area contributed by atoms with Crippen molar-refractivity contribution in [2.24, 2.45) is 16.5 Å². The smallest absolute Gasteiger partial charge is 0.416 e. The van der Waals surface area contributed by atoms with Crippen LogP contribution in [0, 0.1) is 18.6 Å². The normalized spacial score (nSPS) is 11.7. The minimum atomic E-state index is -4.74. The molecule has 0 aliphatic heterocycles. The molecule has 0 aliphatic rings. The van der Waals surface area contributed by atoms with Crippen molar-refractivity contribution in [3.05, 3.63) is 88.5 Å². The number of hydrogen-bond donors (Lipinski definition) is 4. The number of nitrogens with zero attached hydrogens (tertiary/aromatic N) is 1. The number of halogens is 5. The molecule has 3 rings (SSSR count). The van der Waals surface area contributed by atoms with Crippen LogP contribution in [0.4, 0.5) is 27.6 Å². The standard InChI is InChI=1S/C27H26F5N5O3/c1-15-12-17(28)5-9-22(15)40-23-13-16(27(30,31)32)4-7-19(23)24(38)36-18-6-8-21(29)20(14-18)25(39)37-26(34)35-11-3-2-10-33/h4-9,12-14H,2-3,10-11,33H2,1H3,(H,36,38)(H3,34,35,37,39). The van der Waals surface area contributed by atoms with Crippen LogP contribution in [0.1, 0.15) is 44.7 Å². The lowest BCUT2D eigenvalue weighted by Gasteiger charge is -2.16. The van der Waals surface area contributed by atoms with E-state index in [1.807, 2.05) is 0 Å². The van der Waals surface area contributed by atoms with Crippen LogP contribution >= 0.6 is 0 Å². The Morgan fingerprint density at radius 1 is 0.925 bits per heavy atom. The molecule has 8 nitrogen and oxygen atoms in total. The van der Waals surface area contributed by atoms with Crippen LogP contribution in [0.25, 0.3) is 0 Å². The Labute approximate surface area is 226 Å². The number of guanidine groups is 1. The zero-order valence-corrected chi connectivity index (χ0v) is 21.2. The predicted molar refractivity (Wildman–Crippen MR) is 139 cm³/mol. The van der Waals surface area contributed by atoms with Gasteiger partial charge in [0.25, 0.3) is 11.8 Å². The van der Waals surface area contributed by atoms with Gasteiger partial charge >= 0.3 is 6.18 Å². The van der Waals surface area contributed by atoms with E-state index in [2.05, 4.69) is 15.6 Å². The van der Waals surface area contributed by atoms with Gasteiger partial charge in [-0.05, 0) is 86.5 Å². The molecule has 0 unspecified atom stereocenters. The lowest BCUT2D eigenvalue weighted by atomic mass is 10.1. The van der Waals surface area contributed by atoms with E-state index >= 15 is 0 Å². The Kier molecular flexibility index (Phi) is 9.78. The monoisotopic (exact) mass is 563 g/mol. The molecule has 0 heterocycles. The molecule has 3 aromatic carbocycles. The summed E-state index contributed by atoms with van der Waals surface area (Å²) in [6.07, 6.45) is -3.39. The van der Waals surface area contributed by atoms with Crippen molar-refractivity contribution < 1.29 is 36.3 Å². The number of unbranched alkanes of at least 4 members (excludes halogenated alkanes) is 1. The molecular weight excluding hydrogens is 537 g/mol. The van der Waals surface area contributed by atoms with Gasteiger partial charge in [-0.15, -0.1) is 0 Å². The van der Waals surface area contributed by atoms with Crippen molar-refractivity contribution in [1.29, 1.82) is 0 Å². The number of alkyl halides is 3. The molecule has 0 saturated heterocycles. The van der Waals surface area contributed by atoms with Gasteiger partial charge in [0, 0.05) is 12.2 Å². The number of rotatable bonds is 9. The van der Waals surface area contributed by atoms with E-state index in [0.717, 1.165) is 36.4 Å². The van der Waals surface area contributed by atoms with Gasteiger partial charge in [0.05, 0.1) is 16.7 Å². The van der Waals surface area contributed by atoms with Crippen molar-refractivity contribution in [2.45, 2.75) is 25.9 Å². The molecule has 3 aromatic rings. The molecule has 0 aromatic heterocycles. The van der Waals surface area contributed by atoms with Crippen LogP contribution in [0.3, 0.4) is 0 Å². The third-order valence-corrected chi connectivity index (χ3v) is 5.52. The Morgan fingerprint density at radius 2 is 1.68 bits per heavy atom. The Bertz CT molecular complexity index is 1430. The van der Waals surface area contributed by atoms with Gasteiger partial charge in [-0.3, -0.25) is 19.9 Å². The van der Waals surface area contributed by atoms with Crippen molar-refractivity contribution in [2.75, 3.05) is 18.4 Å². The Hall–Kier alpha value is -4.52. The fourth-order valence-electron chi connectivity index (χ4n) is 3.47. The fourth-order valence-corrected chi connectivity index (χ4v) is 3.47. The summed E-state index contributed by atoms with van der Waals surface area (Å²) in [7, 11) is 0. The quantitative estimate of drug-likeness (QED) is 0.124. The second-order valence-corrected chi connectivity index (χ2v) is 8.59. The molecule has 0 spiro atoms. The number of benzene rings is 3. The molecule has 0 atom stereocenters. The van der Waals surface area contributed by atoms with Crippen LogP contribution in [-0.2, 0) is 6.18 Å². The second-order valence-electron chi connectivity index (χ2n) is 8.59. The highest BCUT2D eigenvalue weighted by molar-refractivity contribution is 6.08. The van der Waals surface area contributed by atoms with E-state index in [0.29, 0.717) is 38.1 Å². The minimum Gasteiger partial charge on any atom is -0.456 e. The number of hydrogen-bond acceptors (Lipinski definition) is 5. The molecule has 0 saturated carbocycles. The molecule has 0 aliphatic carbocycles. The fraction of sp³-hybridized carbons (Fsp3) is 0.222. The van der Waals surface area contributed by atoms with E-state index in [9.17, 15) is 31.5 Å². The average molecular weight is 564 g/mol. The molecular formula is C27H26F5N5O3. The van der Waals surface area contributed by atoms with E-state index in [1.165, 1.54) is 13.0 Å². The Morgan fingerprint density at radius 3 is 2.35 bits per heavy atom. The summed E-state index contributed by atoms with van der Waals surface area (Å²) in [6.45, 7) is 2.25. The summed E-state index contributed by atoms with van der Waals surface area (Å²) < 4.78 is 73.6. The first-order valence-corrected chi connectivity index (χ1v) is 12.0. The number of carbonyl (C=O) groups is 2. The van der Waals surface area contributed by atoms with Gasteiger partial charge in [0.1, 0.15) is 23.1 Å². The second kappa shape index (κ2) is 13.0. The van der Waals surface area contributed by atoms with Crippen LogP contribution in [0.15, 0.2) is 59.6 Å². The maximum atomic E-state index is 14.4. The molecule has 0 fully saturated rings. The zero-order valence-electron chi connectivity index (χ0n) is 21.2. The van der Waals surface area contributed by atoms with Crippen molar-refractivity contribution in [1.82, 2.24) is 5.32 Å². The van der Waals surface area contributed by atoms with Crippen molar-refractivity contribution >= 4 is 23.5 Å². The first-order chi connectivity index (χ1) is 18.9. The highest BCUT2D eigenvalue weighted by atomic mass is 19.4. The van der Waals surface area contributed by atoms with Crippen LogP contribution in [0.2, 0.25) is 0 Å². The number of carbonyl (C=O) groups excluding carboxylic acids is 2. The number of ether oxygens (including phenoxy) is 1. The number of nitrogens with one attached hydrogen (secondary N) is 2. The van der Waals surface area contributed by atoms with E-state index < -0.39 is 46.5 Å². The van der Waals surface area contributed by atoms with Gasteiger partial charge in [-0.2, -0.15) is 13.2 Å². The SMILES string of the molecule is Cc1cc(F)ccc1Oc1cc(C(F)(F)F)ccc1C(=O)Nc1ccc(F)c(C(=O)NC(N)=NCCCCN)c1. The number of aliphatic imine (C=N–C) groups is 1. The number of nitrogens with two attached hydrogens (primary N) is 2. The number of anilines is 1. The molecule has 2 amide bonds. The molecule has 0 bridgehead atoms. The predicted octanol–water partition coefficient (Wildman–Crippen LogP) is 5.12. The summed E-state index contributed by atoms with van der Waals surface area (Å²) in [5.41, 5.74) is 9.44. The van der Waals surface area contributed by atoms with Gasteiger partial charge in [-0.1, -0.05) is 0 Å². The van der Waals surface area contributed by atoms with Gasteiger partial charge in [-0.25, -0.2) is 8.78 Å². The summed E-state index contributed by atoms with van der Waals surface area (Å²) in [6, 6.07) is 8.72. The van der Waals surface area contributed by atoms with E-state index in [1.54, 1.807) is 0 Å². The topological polar surface area (TPSA) is 132 Å². The largest absolute Gasteiger partial charge is 0.456 e. The third kappa shape index (κ3) is 7.99. The minimum absolute atomic E-state index is 0.0257. The summed E-state index contributed by atoms with van der Waals surface area (Å²) in [5, 5.41) is 4.65. The molecule has 6 N–H and O–H groups in total. The molecule has 0 radical (unpaired) electrons. The third-order valence-electron chi connectivity index (χ3n) is 5.52. The summed E-state index contributed by atoms with van der Waals surface area (Å²) in [5.74, 6) is -4.02. The molecule has 13 heteroatoms. The van der Waals surface area contributed by atoms with Crippen LogP contribution < -0.4 is 26.8 Å².